The number of nitrogens with one attached hydrogen (secondary N) is 4. The van der Waals surface area contributed by atoms with E-state index < -0.39 is 35.4 Å². The van der Waals surface area contributed by atoms with Crippen molar-refractivity contribution in [3.05, 3.63) is 40.2 Å². The fraction of sp³-hybridized carbons (Fsp3) is 0.435. The lowest BCUT2D eigenvalue weighted by molar-refractivity contribution is -0.131. The van der Waals surface area contributed by atoms with Gasteiger partial charge in [0.05, 0.1) is 6.54 Å². The van der Waals surface area contributed by atoms with Crippen LogP contribution in [0.1, 0.15) is 38.7 Å². The van der Waals surface area contributed by atoms with Crippen molar-refractivity contribution in [2.45, 2.75) is 52.1 Å². The van der Waals surface area contributed by atoms with Gasteiger partial charge in [-0.1, -0.05) is 0 Å². The van der Waals surface area contributed by atoms with Crippen molar-refractivity contribution in [2.24, 2.45) is 5.73 Å². The molecule has 0 bridgehead atoms. The number of anilines is 1. The molecule has 0 fully saturated rings. The van der Waals surface area contributed by atoms with Crippen molar-refractivity contribution in [3.63, 3.8) is 0 Å². The summed E-state index contributed by atoms with van der Waals surface area (Å²) in [7, 11) is 0. The second-order valence-corrected chi connectivity index (χ2v) is 7.99. The second-order valence-electron chi connectivity index (χ2n) is 7.99. The molecular weight excluding hydrogens is 442 g/mol. The summed E-state index contributed by atoms with van der Waals surface area (Å²) in [5, 5.41) is 10.9. The maximum Gasteiger partial charge on any atom is 0.336 e. The van der Waals surface area contributed by atoms with Gasteiger partial charge in [-0.3, -0.25) is 19.2 Å². The Morgan fingerprint density at radius 1 is 1.06 bits per heavy atom. The summed E-state index contributed by atoms with van der Waals surface area (Å²) >= 11 is 0. The number of nitrogens with two attached hydrogens (primary N) is 1. The van der Waals surface area contributed by atoms with Crippen LogP contribution in [-0.2, 0) is 19.2 Å². The van der Waals surface area contributed by atoms with Crippen LogP contribution in [0.3, 0.4) is 0 Å². The van der Waals surface area contributed by atoms with Crippen molar-refractivity contribution in [2.75, 3.05) is 18.4 Å². The number of hydrogen-bond donors (Lipinski definition) is 5. The zero-order valence-electron chi connectivity index (χ0n) is 19.5. The molecule has 0 saturated carbocycles. The minimum atomic E-state index is -0.927. The van der Waals surface area contributed by atoms with Crippen molar-refractivity contribution in [1.29, 1.82) is 0 Å². The van der Waals surface area contributed by atoms with E-state index in [-0.39, 0.29) is 12.5 Å². The third-order valence-electron chi connectivity index (χ3n) is 5.07. The lowest BCUT2D eigenvalue weighted by Crippen LogP contribution is -2.52. The molecule has 2 atom stereocenters. The van der Waals surface area contributed by atoms with Crippen LogP contribution < -0.4 is 32.6 Å². The molecule has 1 heterocycles. The molecule has 0 aliphatic heterocycles. The van der Waals surface area contributed by atoms with E-state index in [4.69, 9.17) is 10.2 Å². The Morgan fingerprint density at radius 2 is 1.79 bits per heavy atom. The number of unbranched alkanes of at least 4 members (excludes halogenated alkanes) is 1. The predicted molar refractivity (Wildman–Crippen MR) is 127 cm³/mol. The van der Waals surface area contributed by atoms with Crippen LogP contribution in [0.15, 0.2) is 33.5 Å². The smallest absolute Gasteiger partial charge is 0.336 e. The average molecular weight is 474 g/mol. The van der Waals surface area contributed by atoms with Gasteiger partial charge in [-0.15, -0.1) is 0 Å². The summed E-state index contributed by atoms with van der Waals surface area (Å²) in [6, 6.07) is 4.54. The topological polar surface area (TPSA) is 173 Å². The lowest BCUT2D eigenvalue weighted by Gasteiger charge is -2.21. The van der Waals surface area contributed by atoms with Crippen LogP contribution in [0.5, 0.6) is 0 Å². The van der Waals surface area contributed by atoms with Gasteiger partial charge >= 0.3 is 5.63 Å². The van der Waals surface area contributed by atoms with E-state index in [9.17, 15) is 24.0 Å². The number of aryl methyl sites for hydroxylation is 1. The van der Waals surface area contributed by atoms with Crippen LogP contribution in [0.4, 0.5) is 5.69 Å². The highest BCUT2D eigenvalue weighted by Crippen LogP contribution is 2.21. The molecule has 2 rings (SSSR count). The van der Waals surface area contributed by atoms with E-state index in [0.717, 1.165) is 10.9 Å². The first-order chi connectivity index (χ1) is 16.1. The summed E-state index contributed by atoms with van der Waals surface area (Å²) in [5.74, 6) is -1.91. The molecule has 11 heteroatoms. The molecule has 2 unspecified atom stereocenters. The summed E-state index contributed by atoms with van der Waals surface area (Å²) < 4.78 is 5.22. The number of amides is 4. The SMILES string of the molecule is CC(=O)NCC(=O)NC(C)C(=O)NC(CCCCN)C(=O)Nc1ccc2c(C)cc(=O)oc2c1. The van der Waals surface area contributed by atoms with Crippen LogP contribution in [0.25, 0.3) is 11.0 Å². The van der Waals surface area contributed by atoms with Crippen molar-refractivity contribution in [1.82, 2.24) is 16.0 Å². The van der Waals surface area contributed by atoms with E-state index in [2.05, 4.69) is 21.3 Å². The first-order valence-electron chi connectivity index (χ1n) is 11.0. The second kappa shape index (κ2) is 12.5. The minimum absolute atomic E-state index is 0.259. The fourth-order valence-corrected chi connectivity index (χ4v) is 3.25. The monoisotopic (exact) mass is 473 g/mol. The number of carbonyl (C=O) groups is 4. The van der Waals surface area contributed by atoms with E-state index in [1.807, 2.05) is 0 Å². The molecule has 1 aromatic carbocycles. The van der Waals surface area contributed by atoms with E-state index in [1.165, 1.54) is 19.9 Å². The van der Waals surface area contributed by atoms with Gasteiger partial charge in [0.15, 0.2) is 0 Å². The van der Waals surface area contributed by atoms with Crippen LogP contribution in [0.2, 0.25) is 0 Å². The van der Waals surface area contributed by atoms with Gasteiger partial charge in [-0.05, 0) is 57.4 Å². The third-order valence-corrected chi connectivity index (χ3v) is 5.07. The zero-order chi connectivity index (χ0) is 25.3. The molecule has 0 aliphatic rings. The lowest BCUT2D eigenvalue weighted by atomic mass is 10.1. The summed E-state index contributed by atoms with van der Waals surface area (Å²) in [6.07, 6.45) is 1.61. The molecule has 0 radical (unpaired) electrons. The molecule has 4 amide bonds. The molecular formula is C23H31N5O6. The van der Waals surface area contributed by atoms with Gasteiger partial charge in [-0.25, -0.2) is 4.79 Å². The highest BCUT2D eigenvalue weighted by Gasteiger charge is 2.24. The third kappa shape index (κ3) is 8.00. The number of rotatable bonds is 11. The maximum atomic E-state index is 13.0. The van der Waals surface area contributed by atoms with Gasteiger partial charge in [0.1, 0.15) is 17.7 Å². The standard InChI is InChI=1S/C23H31N5O6/c1-13-10-21(31)34-19-11-16(7-8-17(13)19)27-23(33)18(6-4-5-9-24)28-22(32)14(2)26-20(30)12-25-15(3)29/h7-8,10-11,14,18H,4-6,9,12,24H2,1-3H3,(H,25,29)(H,26,30)(H,27,33)(H,28,32). The van der Waals surface area contributed by atoms with E-state index in [0.29, 0.717) is 37.1 Å². The Bertz CT molecular complexity index is 1110. The molecule has 0 aliphatic carbocycles. The largest absolute Gasteiger partial charge is 0.423 e. The number of carbonyl (C=O) groups excluding carboxylic acids is 4. The first-order valence-corrected chi connectivity index (χ1v) is 11.0. The Kier molecular flexibility index (Phi) is 9.75. The Hall–Kier alpha value is -3.73. The molecule has 184 valence electrons. The summed E-state index contributed by atoms with van der Waals surface area (Å²) in [5.41, 5.74) is 6.55. The molecule has 1 aromatic heterocycles. The molecule has 0 spiro atoms. The van der Waals surface area contributed by atoms with Crippen LogP contribution >= 0.6 is 0 Å². The molecule has 2 aromatic rings. The van der Waals surface area contributed by atoms with Gasteiger partial charge in [0.2, 0.25) is 23.6 Å². The predicted octanol–water partition coefficient (Wildman–Crippen LogP) is 0.295. The van der Waals surface area contributed by atoms with Crippen molar-refractivity contribution < 1.29 is 23.6 Å². The van der Waals surface area contributed by atoms with Gasteiger partial charge in [0.25, 0.3) is 0 Å². The molecule has 11 nitrogen and oxygen atoms in total. The van der Waals surface area contributed by atoms with E-state index in [1.54, 1.807) is 25.1 Å². The fourth-order valence-electron chi connectivity index (χ4n) is 3.25. The quantitative estimate of drug-likeness (QED) is 0.230. The Morgan fingerprint density at radius 3 is 2.47 bits per heavy atom. The van der Waals surface area contributed by atoms with Crippen LogP contribution in [-0.4, -0.2) is 48.8 Å². The highest BCUT2D eigenvalue weighted by molar-refractivity contribution is 5.99. The Balaban J connectivity index is 2.08. The average Bonchev–Trinajstić information content (AvgIpc) is 2.76. The highest BCUT2D eigenvalue weighted by atomic mass is 16.4. The summed E-state index contributed by atoms with van der Waals surface area (Å²) in [6.45, 7) is 4.73. The van der Waals surface area contributed by atoms with Crippen molar-refractivity contribution in [3.8, 4) is 0 Å². The van der Waals surface area contributed by atoms with Crippen LogP contribution in [0, 0.1) is 6.92 Å². The number of fused-ring (bicyclic) bond motifs is 1. The zero-order valence-corrected chi connectivity index (χ0v) is 19.5. The van der Waals surface area contributed by atoms with E-state index >= 15 is 0 Å². The van der Waals surface area contributed by atoms with Crippen molar-refractivity contribution >= 4 is 40.3 Å². The minimum Gasteiger partial charge on any atom is -0.423 e. The Labute approximate surface area is 196 Å². The first kappa shape index (κ1) is 26.5. The number of benzene rings is 1. The van der Waals surface area contributed by atoms with Gasteiger partial charge in [0, 0.05) is 30.1 Å². The maximum absolute atomic E-state index is 13.0. The van der Waals surface area contributed by atoms with Gasteiger partial charge < -0.3 is 31.4 Å². The summed E-state index contributed by atoms with van der Waals surface area (Å²) in [4.78, 5) is 60.0. The molecule has 0 saturated heterocycles. The normalized spacial score (nSPS) is 12.5. The van der Waals surface area contributed by atoms with Gasteiger partial charge in [-0.2, -0.15) is 0 Å². The number of hydrogen-bond acceptors (Lipinski definition) is 7. The molecule has 6 N–H and O–H groups in total. The molecule has 34 heavy (non-hydrogen) atoms.